The molecule has 1 N–H and O–H groups in total. The molecule has 0 spiro atoms. The van der Waals surface area contributed by atoms with E-state index in [9.17, 15) is 18.3 Å². The second-order valence-electron chi connectivity index (χ2n) is 8.40. The number of aliphatic hydroxyl groups excluding tert-OH is 1. The Bertz CT molecular complexity index is 899. The molecule has 3 heterocycles. The average molecular weight is 428 g/mol. The molecule has 2 aliphatic rings. The van der Waals surface area contributed by atoms with Gasteiger partial charge in [0.25, 0.3) is 0 Å². The van der Waals surface area contributed by atoms with Crippen molar-refractivity contribution in [2.45, 2.75) is 63.5 Å². The fourth-order valence-corrected chi connectivity index (χ4v) is 3.98. The topological polar surface area (TPSA) is 119 Å². The highest BCUT2D eigenvalue weighted by Crippen LogP contribution is 2.43. The maximum atomic E-state index is 12.7. The molecule has 29 heavy (non-hydrogen) atoms. The van der Waals surface area contributed by atoms with E-state index in [0.29, 0.717) is 31.4 Å². The summed E-state index contributed by atoms with van der Waals surface area (Å²) in [5, 5.41) is 9.51. The summed E-state index contributed by atoms with van der Waals surface area (Å²) >= 11 is 0. The van der Waals surface area contributed by atoms with Gasteiger partial charge in [-0.2, -0.15) is 0 Å². The van der Waals surface area contributed by atoms with Crippen LogP contribution in [0.1, 0.15) is 56.8 Å². The minimum absolute atomic E-state index is 0.0130. The highest BCUT2D eigenvalue weighted by molar-refractivity contribution is 7.91. The minimum atomic E-state index is -3.56. The van der Waals surface area contributed by atoms with Crippen LogP contribution >= 0.6 is 0 Å². The first kappa shape index (κ1) is 21.9. The van der Waals surface area contributed by atoms with Gasteiger partial charge in [0.05, 0.1) is 31.4 Å². The van der Waals surface area contributed by atoms with Gasteiger partial charge in [-0.05, 0) is 34.1 Å². The van der Waals surface area contributed by atoms with Gasteiger partial charge in [0, 0.05) is 12.7 Å². The van der Waals surface area contributed by atoms with Crippen molar-refractivity contribution < 1.29 is 27.8 Å². The van der Waals surface area contributed by atoms with E-state index in [4.69, 9.17) is 9.47 Å². The number of ketones is 1. The molecule has 1 fully saturated rings. The van der Waals surface area contributed by atoms with Crippen LogP contribution in [0, 0.1) is 0 Å². The first-order valence-corrected chi connectivity index (χ1v) is 11.6. The third-order valence-electron chi connectivity index (χ3n) is 5.59. The Hall–Kier alpha value is -1.78. The van der Waals surface area contributed by atoms with Crippen molar-refractivity contribution in [3.63, 3.8) is 0 Å². The Labute approximate surface area is 171 Å². The molecule has 0 saturated carbocycles. The molecule has 0 unspecified atom stereocenters. The van der Waals surface area contributed by atoms with Crippen molar-refractivity contribution in [2.24, 2.45) is 0 Å². The lowest BCUT2D eigenvalue weighted by Gasteiger charge is -2.45. The normalized spacial score (nSPS) is 23.0. The number of sulfone groups is 1. The molecule has 162 valence electrons. The summed E-state index contributed by atoms with van der Waals surface area (Å²) in [6.07, 6.45) is 0.852. The van der Waals surface area contributed by atoms with Gasteiger partial charge < -0.3 is 19.5 Å². The SMILES string of the molecule is C[C@H](O)CCC(=O)c1nc2c(c(C(C)(C)S(C)(=O)=O)n1)OC[C@@H]1COC[C@@H](C)N21. The Morgan fingerprint density at radius 3 is 2.62 bits per heavy atom. The van der Waals surface area contributed by atoms with Gasteiger partial charge in [-0.25, -0.2) is 18.4 Å². The van der Waals surface area contributed by atoms with Crippen LogP contribution < -0.4 is 9.64 Å². The van der Waals surface area contributed by atoms with Crippen molar-refractivity contribution in [2.75, 3.05) is 31.0 Å². The Morgan fingerprint density at radius 2 is 2.00 bits per heavy atom. The monoisotopic (exact) mass is 427 g/mol. The Kier molecular flexibility index (Phi) is 5.90. The van der Waals surface area contributed by atoms with E-state index in [-0.39, 0.29) is 42.2 Å². The van der Waals surface area contributed by atoms with Crippen molar-refractivity contribution in [1.82, 2.24) is 9.97 Å². The number of ether oxygens (including phenoxy) is 2. The van der Waals surface area contributed by atoms with Crippen LogP contribution in [0.2, 0.25) is 0 Å². The summed E-state index contributed by atoms with van der Waals surface area (Å²) in [6.45, 7) is 7.97. The van der Waals surface area contributed by atoms with Crippen LogP contribution in [0.5, 0.6) is 5.75 Å². The Morgan fingerprint density at radius 1 is 1.31 bits per heavy atom. The predicted octanol–water partition coefficient (Wildman–Crippen LogP) is 1.09. The number of morpholine rings is 1. The standard InChI is InChI=1S/C19H29N3O6S/c1-11-8-27-9-13-10-28-15-16(19(3,4)29(5,25)26)20-17(21-18(15)22(11)13)14(24)7-6-12(2)23/h11-13,23H,6-10H2,1-5H3/t11-,12+,13+/m1/s1. The second kappa shape index (κ2) is 7.81. The number of carbonyl (C=O) groups excluding carboxylic acids is 1. The van der Waals surface area contributed by atoms with Crippen LogP contribution in [-0.2, 0) is 19.3 Å². The minimum Gasteiger partial charge on any atom is -0.486 e. The molecule has 0 aliphatic carbocycles. The molecule has 1 saturated heterocycles. The van der Waals surface area contributed by atoms with Crippen LogP contribution in [0.15, 0.2) is 0 Å². The van der Waals surface area contributed by atoms with Crippen molar-refractivity contribution in [3.8, 4) is 5.75 Å². The number of fused-ring (bicyclic) bond motifs is 3. The molecule has 2 aliphatic heterocycles. The number of hydrogen-bond acceptors (Lipinski definition) is 9. The zero-order valence-corrected chi connectivity index (χ0v) is 18.3. The summed E-state index contributed by atoms with van der Waals surface area (Å²) in [5.41, 5.74) is 0.183. The van der Waals surface area contributed by atoms with Crippen molar-refractivity contribution in [3.05, 3.63) is 11.5 Å². The largest absolute Gasteiger partial charge is 0.486 e. The number of aliphatic hydroxyl groups is 1. The quantitative estimate of drug-likeness (QED) is 0.665. The van der Waals surface area contributed by atoms with E-state index >= 15 is 0 Å². The maximum Gasteiger partial charge on any atom is 0.200 e. The molecular weight excluding hydrogens is 398 g/mol. The number of aromatic nitrogens is 2. The molecule has 3 atom stereocenters. The number of rotatable bonds is 6. The molecule has 9 nitrogen and oxygen atoms in total. The predicted molar refractivity (Wildman–Crippen MR) is 107 cm³/mol. The van der Waals surface area contributed by atoms with E-state index in [1.807, 2.05) is 11.8 Å². The first-order valence-electron chi connectivity index (χ1n) is 9.75. The van der Waals surface area contributed by atoms with Crippen LogP contribution in [-0.4, -0.2) is 73.5 Å². The number of Topliss-reactive ketones (excluding diaryl/α,β-unsaturated/α-hetero) is 1. The van der Waals surface area contributed by atoms with Crippen molar-refractivity contribution in [1.29, 1.82) is 0 Å². The summed E-state index contributed by atoms with van der Waals surface area (Å²) in [6, 6.07) is -0.0864. The van der Waals surface area contributed by atoms with Gasteiger partial charge in [-0.15, -0.1) is 0 Å². The molecule has 1 aromatic rings. The third kappa shape index (κ3) is 4.10. The molecule has 3 rings (SSSR count). The molecule has 0 amide bonds. The van der Waals surface area contributed by atoms with Crippen molar-refractivity contribution >= 4 is 21.4 Å². The summed E-state index contributed by atoms with van der Waals surface area (Å²) in [7, 11) is -3.56. The summed E-state index contributed by atoms with van der Waals surface area (Å²) in [4.78, 5) is 23.6. The lowest BCUT2D eigenvalue weighted by atomic mass is 10.0. The van der Waals surface area contributed by atoms with Gasteiger partial charge >= 0.3 is 0 Å². The third-order valence-corrected chi connectivity index (χ3v) is 7.63. The fraction of sp³-hybridized carbons (Fsp3) is 0.737. The lowest BCUT2D eigenvalue weighted by molar-refractivity contribution is 0.0481. The van der Waals surface area contributed by atoms with Gasteiger partial charge in [0.15, 0.2) is 33.0 Å². The molecule has 0 aromatic carbocycles. The van der Waals surface area contributed by atoms with Crippen LogP contribution in [0.4, 0.5) is 5.82 Å². The van der Waals surface area contributed by atoms with Gasteiger partial charge in [-0.3, -0.25) is 4.79 Å². The van der Waals surface area contributed by atoms with E-state index in [0.717, 1.165) is 6.26 Å². The second-order valence-corrected chi connectivity index (χ2v) is 11.0. The van der Waals surface area contributed by atoms with E-state index < -0.39 is 20.7 Å². The Balaban J connectivity index is 2.17. The smallest absolute Gasteiger partial charge is 0.200 e. The highest BCUT2D eigenvalue weighted by Gasteiger charge is 2.44. The molecule has 10 heteroatoms. The van der Waals surface area contributed by atoms with E-state index in [2.05, 4.69) is 9.97 Å². The number of hydrogen-bond donors (Lipinski definition) is 1. The van der Waals surface area contributed by atoms with E-state index in [1.165, 1.54) is 0 Å². The molecular formula is C19H29N3O6S. The molecule has 0 bridgehead atoms. The van der Waals surface area contributed by atoms with Gasteiger partial charge in [0.2, 0.25) is 0 Å². The number of carbonyl (C=O) groups is 1. The van der Waals surface area contributed by atoms with Gasteiger partial charge in [0.1, 0.15) is 17.0 Å². The highest BCUT2D eigenvalue weighted by atomic mass is 32.2. The zero-order valence-electron chi connectivity index (χ0n) is 17.5. The zero-order chi connectivity index (χ0) is 21.6. The summed E-state index contributed by atoms with van der Waals surface area (Å²) in [5.74, 6) is 0.332. The van der Waals surface area contributed by atoms with Crippen LogP contribution in [0.25, 0.3) is 0 Å². The average Bonchev–Trinajstić information content (AvgIpc) is 2.63. The van der Waals surface area contributed by atoms with E-state index in [1.54, 1.807) is 20.8 Å². The maximum absolute atomic E-state index is 12.7. The number of nitrogens with zero attached hydrogens (tertiary/aromatic N) is 3. The lowest BCUT2D eigenvalue weighted by Crippen LogP contribution is -2.56. The first-order chi connectivity index (χ1) is 13.4. The molecule has 0 radical (unpaired) electrons. The fourth-order valence-electron chi connectivity index (χ4n) is 3.49. The molecule has 1 aromatic heterocycles. The summed E-state index contributed by atoms with van der Waals surface area (Å²) < 4.78 is 35.2. The number of anilines is 1. The van der Waals surface area contributed by atoms with Crippen LogP contribution in [0.3, 0.4) is 0 Å². The van der Waals surface area contributed by atoms with Gasteiger partial charge in [-0.1, -0.05) is 0 Å².